The van der Waals surface area contributed by atoms with Gasteiger partial charge in [0.25, 0.3) is 5.91 Å². The third-order valence-electron chi connectivity index (χ3n) is 2.18. The van der Waals surface area contributed by atoms with Gasteiger partial charge in [-0.25, -0.2) is 0 Å². The topological polar surface area (TPSA) is 68.0 Å². The van der Waals surface area contributed by atoms with Crippen LogP contribution in [0.3, 0.4) is 0 Å². The zero-order valence-electron chi connectivity index (χ0n) is 9.31. The van der Waals surface area contributed by atoms with Crippen LogP contribution >= 0.6 is 12.2 Å². The maximum atomic E-state index is 11.8. The van der Waals surface area contributed by atoms with E-state index >= 15 is 0 Å². The first-order chi connectivity index (χ1) is 7.52. The van der Waals surface area contributed by atoms with Gasteiger partial charge in [-0.15, -0.1) is 0 Å². The van der Waals surface area contributed by atoms with Crippen molar-refractivity contribution in [1.29, 1.82) is 0 Å². The Labute approximate surface area is 100 Å². The predicted molar refractivity (Wildman–Crippen MR) is 67.1 cm³/mol. The minimum atomic E-state index is -0.289. The van der Waals surface area contributed by atoms with Gasteiger partial charge in [-0.05, 0) is 18.1 Å². The summed E-state index contributed by atoms with van der Waals surface area (Å²) < 4.78 is 0. The number of nitrogens with two attached hydrogens (primary N) is 1. The Bertz CT molecular complexity index is 378. The zero-order valence-corrected chi connectivity index (χ0v) is 10.1. The third-order valence-corrected chi connectivity index (χ3v) is 2.44. The van der Waals surface area contributed by atoms with E-state index < -0.39 is 0 Å². The van der Waals surface area contributed by atoms with E-state index in [0.29, 0.717) is 10.6 Å². The van der Waals surface area contributed by atoms with Crippen LogP contribution in [0.15, 0.2) is 24.5 Å². The number of nitrogens with one attached hydrogen (secondary N) is 1. The number of carbonyl (C=O) groups is 1. The van der Waals surface area contributed by atoms with Gasteiger partial charge in [-0.1, -0.05) is 26.1 Å². The van der Waals surface area contributed by atoms with Gasteiger partial charge in [-0.3, -0.25) is 9.78 Å². The van der Waals surface area contributed by atoms with Crippen LogP contribution in [0.25, 0.3) is 0 Å². The van der Waals surface area contributed by atoms with E-state index in [9.17, 15) is 4.79 Å². The molecule has 1 amide bonds. The number of hydrogen-bond acceptors (Lipinski definition) is 3. The molecule has 0 aliphatic heterocycles. The Kier molecular flexibility index (Phi) is 4.37. The molecule has 0 aromatic carbocycles. The standard InChI is InChI=1S/C11H15N3OS/c1-7(2)9(10(12)16)14-11(15)8-4-3-5-13-6-8/h3-7,9H,1-2H3,(H2,12,16)(H,14,15). The normalized spacial score (nSPS) is 12.2. The molecular formula is C11H15N3OS. The van der Waals surface area contributed by atoms with Crippen LogP contribution in [0.4, 0.5) is 0 Å². The van der Waals surface area contributed by atoms with Gasteiger partial charge in [0.1, 0.15) is 0 Å². The van der Waals surface area contributed by atoms with Crippen molar-refractivity contribution in [3.05, 3.63) is 30.1 Å². The Hall–Kier alpha value is -1.49. The molecule has 16 heavy (non-hydrogen) atoms. The van der Waals surface area contributed by atoms with Gasteiger partial charge in [0.15, 0.2) is 0 Å². The van der Waals surface area contributed by atoms with Crippen LogP contribution in [-0.2, 0) is 0 Å². The third kappa shape index (κ3) is 3.27. The smallest absolute Gasteiger partial charge is 0.253 e. The predicted octanol–water partition coefficient (Wildman–Crippen LogP) is 1.12. The molecule has 1 aromatic heterocycles. The molecule has 0 radical (unpaired) electrons. The Balaban J connectivity index is 2.74. The van der Waals surface area contributed by atoms with Crippen LogP contribution in [0, 0.1) is 5.92 Å². The SMILES string of the molecule is CC(C)C(NC(=O)c1cccnc1)C(N)=S. The van der Waals surface area contributed by atoms with Gasteiger partial charge in [-0.2, -0.15) is 0 Å². The molecule has 86 valence electrons. The lowest BCUT2D eigenvalue weighted by Crippen LogP contribution is -2.46. The molecule has 3 N–H and O–H groups in total. The molecule has 1 rings (SSSR count). The number of aromatic nitrogens is 1. The van der Waals surface area contributed by atoms with Crippen molar-refractivity contribution in [3.8, 4) is 0 Å². The molecular weight excluding hydrogens is 222 g/mol. The molecule has 0 saturated carbocycles. The average molecular weight is 237 g/mol. The van der Waals surface area contributed by atoms with E-state index in [2.05, 4.69) is 10.3 Å². The molecule has 0 bridgehead atoms. The number of rotatable bonds is 4. The van der Waals surface area contributed by atoms with Gasteiger partial charge < -0.3 is 11.1 Å². The van der Waals surface area contributed by atoms with E-state index in [1.54, 1.807) is 18.3 Å². The Morgan fingerprint density at radius 1 is 1.56 bits per heavy atom. The summed E-state index contributed by atoms with van der Waals surface area (Å²) in [6, 6.07) is 3.11. The van der Waals surface area contributed by atoms with E-state index in [1.165, 1.54) is 6.20 Å². The highest BCUT2D eigenvalue weighted by molar-refractivity contribution is 7.80. The van der Waals surface area contributed by atoms with Crippen molar-refractivity contribution in [2.45, 2.75) is 19.9 Å². The minimum Gasteiger partial charge on any atom is -0.392 e. The highest BCUT2D eigenvalue weighted by Crippen LogP contribution is 2.04. The molecule has 0 spiro atoms. The first-order valence-corrected chi connectivity index (χ1v) is 5.43. The summed E-state index contributed by atoms with van der Waals surface area (Å²) in [7, 11) is 0. The summed E-state index contributed by atoms with van der Waals surface area (Å²) in [5.74, 6) is -0.0438. The lowest BCUT2D eigenvalue weighted by atomic mass is 10.0. The van der Waals surface area contributed by atoms with Gasteiger partial charge in [0.2, 0.25) is 0 Å². The van der Waals surface area contributed by atoms with Crippen molar-refractivity contribution in [3.63, 3.8) is 0 Å². The first kappa shape index (κ1) is 12.6. The summed E-state index contributed by atoms with van der Waals surface area (Å²) >= 11 is 4.91. The van der Waals surface area contributed by atoms with Crippen molar-refractivity contribution in [1.82, 2.24) is 10.3 Å². The lowest BCUT2D eigenvalue weighted by molar-refractivity contribution is 0.0939. The largest absolute Gasteiger partial charge is 0.392 e. The van der Waals surface area contributed by atoms with Crippen LogP contribution in [0.1, 0.15) is 24.2 Å². The fraction of sp³-hybridized carbons (Fsp3) is 0.364. The van der Waals surface area contributed by atoms with Crippen molar-refractivity contribution in [2.75, 3.05) is 0 Å². The van der Waals surface area contributed by atoms with Crippen molar-refractivity contribution in [2.24, 2.45) is 11.7 Å². The first-order valence-electron chi connectivity index (χ1n) is 5.02. The minimum absolute atomic E-state index is 0.165. The van der Waals surface area contributed by atoms with Gasteiger partial charge in [0, 0.05) is 12.4 Å². The van der Waals surface area contributed by atoms with E-state index in [1.807, 2.05) is 13.8 Å². The molecule has 1 unspecified atom stereocenters. The van der Waals surface area contributed by atoms with Crippen LogP contribution in [0.5, 0.6) is 0 Å². The number of nitrogens with zero attached hydrogens (tertiary/aromatic N) is 1. The highest BCUT2D eigenvalue weighted by atomic mass is 32.1. The summed E-state index contributed by atoms with van der Waals surface area (Å²) in [5.41, 5.74) is 6.07. The van der Waals surface area contributed by atoms with E-state index in [4.69, 9.17) is 18.0 Å². The molecule has 0 fully saturated rings. The molecule has 1 aromatic rings. The quantitative estimate of drug-likeness (QED) is 0.770. The molecule has 5 heteroatoms. The fourth-order valence-electron chi connectivity index (χ4n) is 1.29. The number of amides is 1. The molecule has 0 aliphatic carbocycles. The second kappa shape index (κ2) is 5.55. The van der Waals surface area contributed by atoms with E-state index in [0.717, 1.165) is 0 Å². The summed E-state index contributed by atoms with van der Waals surface area (Å²) in [6.45, 7) is 3.90. The molecule has 4 nitrogen and oxygen atoms in total. The molecule has 0 aliphatic rings. The van der Waals surface area contributed by atoms with Crippen LogP contribution in [0.2, 0.25) is 0 Å². The molecule has 1 atom stereocenters. The number of carbonyl (C=O) groups excluding carboxylic acids is 1. The van der Waals surface area contributed by atoms with Crippen LogP contribution < -0.4 is 11.1 Å². The van der Waals surface area contributed by atoms with Crippen molar-refractivity contribution < 1.29 is 4.79 Å². The summed E-state index contributed by atoms with van der Waals surface area (Å²) in [4.78, 5) is 16.0. The molecule has 1 heterocycles. The number of pyridine rings is 1. The zero-order chi connectivity index (χ0) is 12.1. The van der Waals surface area contributed by atoms with Crippen molar-refractivity contribution >= 4 is 23.1 Å². The maximum absolute atomic E-state index is 11.8. The van der Waals surface area contributed by atoms with Crippen LogP contribution in [-0.4, -0.2) is 21.9 Å². The Morgan fingerprint density at radius 2 is 2.25 bits per heavy atom. The average Bonchev–Trinajstić information content (AvgIpc) is 2.25. The van der Waals surface area contributed by atoms with Gasteiger partial charge >= 0.3 is 0 Å². The molecule has 0 saturated heterocycles. The maximum Gasteiger partial charge on any atom is 0.253 e. The number of hydrogen-bond donors (Lipinski definition) is 2. The fourth-order valence-corrected chi connectivity index (χ4v) is 1.62. The number of thiocarbonyl (C=S) groups is 1. The summed E-state index contributed by atoms with van der Waals surface area (Å²) in [6.07, 6.45) is 3.12. The lowest BCUT2D eigenvalue weighted by Gasteiger charge is -2.20. The van der Waals surface area contributed by atoms with E-state index in [-0.39, 0.29) is 17.9 Å². The monoisotopic (exact) mass is 237 g/mol. The summed E-state index contributed by atoms with van der Waals surface area (Å²) in [5, 5.41) is 2.79. The highest BCUT2D eigenvalue weighted by Gasteiger charge is 2.19. The second-order valence-corrected chi connectivity index (χ2v) is 4.31. The second-order valence-electron chi connectivity index (χ2n) is 3.84. The Morgan fingerprint density at radius 3 is 2.69 bits per heavy atom. The van der Waals surface area contributed by atoms with Gasteiger partial charge in [0.05, 0.1) is 16.6 Å².